The van der Waals surface area contributed by atoms with E-state index < -0.39 is 11.9 Å². The van der Waals surface area contributed by atoms with Crippen LogP contribution in [0, 0.1) is 5.92 Å². The first-order valence-electron chi connectivity index (χ1n) is 6.08. The second-order valence-electron chi connectivity index (χ2n) is 5.05. The third kappa shape index (κ3) is 3.06. The standard InChI is InChI=1S/C14H16F2O2/c1-14(15,16)11-6-4-10(5-7-11)12(8-13(17)18)9-2-3-9/h4-7,9,12H,2-3,8H2,1H3,(H,17,18). The molecule has 0 bridgehead atoms. The van der Waals surface area contributed by atoms with Crippen molar-refractivity contribution in [2.75, 3.05) is 0 Å². The summed E-state index contributed by atoms with van der Waals surface area (Å²) in [6.45, 7) is 0.859. The lowest BCUT2D eigenvalue weighted by atomic mass is 9.90. The van der Waals surface area contributed by atoms with Crippen molar-refractivity contribution in [1.29, 1.82) is 0 Å². The van der Waals surface area contributed by atoms with E-state index in [1.807, 2.05) is 0 Å². The molecule has 0 heterocycles. The number of carboxylic acid groups (broad SMARTS) is 1. The Balaban J connectivity index is 2.18. The SMILES string of the molecule is CC(F)(F)c1ccc(C(CC(=O)O)C2CC2)cc1. The van der Waals surface area contributed by atoms with Crippen LogP contribution in [0.4, 0.5) is 8.78 Å². The van der Waals surface area contributed by atoms with Crippen LogP contribution in [0.15, 0.2) is 24.3 Å². The maximum absolute atomic E-state index is 13.1. The predicted octanol–water partition coefficient (Wildman–Crippen LogP) is 3.77. The van der Waals surface area contributed by atoms with Crippen molar-refractivity contribution in [2.24, 2.45) is 5.92 Å². The van der Waals surface area contributed by atoms with E-state index in [-0.39, 0.29) is 17.9 Å². The minimum atomic E-state index is -2.85. The molecule has 2 nitrogen and oxygen atoms in total. The van der Waals surface area contributed by atoms with Crippen LogP contribution in [-0.2, 0) is 10.7 Å². The molecule has 0 radical (unpaired) electrons. The Morgan fingerprint density at radius 3 is 2.33 bits per heavy atom. The first-order valence-corrected chi connectivity index (χ1v) is 6.08. The van der Waals surface area contributed by atoms with Crippen molar-refractivity contribution in [2.45, 2.75) is 38.0 Å². The van der Waals surface area contributed by atoms with Gasteiger partial charge in [0.15, 0.2) is 0 Å². The minimum absolute atomic E-state index is 0.0314. The van der Waals surface area contributed by atoms with Crippen molar-refractivity contribution in [3.63, 3.8) is 0 Å². The van der Waals surface area contributed by atoms with Gasteiger partial charge >= 0.3 is 5.97 Å². The molecule has 0 saturated heterocycles. The van der Waals surface area contributed by atoms with Gasteiger partial charge < -0.3 is 5.11 Å². The molecular formula is C14H16F2O2. The van der Waals surface area contributed by atoms with Gasteiger partial charge in [0.05, 0.1) is 6.42 Å². The van der Waals surface area contributed by atoms with Crippen LogP contribution in [0.2, 0.25) is 0 Å². The van der Waals surface area contributed by atoms with Gasteiger partial charge in [-0.1, -0.05) is 24.3 Å². The summed E-state index contributed by atoms with van der Waals surface area (Å²) >= 11 is 0. The van der Waals surface area contributed by atoms with Crippen molar-refractivity contribution in [3.05, 3.63) is 35.4 Å². The van der Waals surface area contributed by atoms with E-state index in [2.05, 4.69) is 0 Å². The summed E-state index contributed by atoms with van der Waals surface area (Å²) in [5.74, 6) is -3.33. The second kappa shape index (κ2) is 4.67. The van der Waals surface area contributed by atoms with E-state index in [1.165, 1.54) is 12.1 Å². The van der Waals surface area contributed by atoms with Gasteiger partial charge in [0.25, 0.3) is 5.92 Å². The van der Waals surface area contributed by atoms with E-state index in [1.54, 1.807) is 12.1 Å². The zero-order valence-electron chi connectivity index (χ0n) is 10.2. The molecule has 98 valence electrons. The van der Waals surface area contributed by atoms with Crippen LogP contribution in [0.3, 0.4) is 0 Å². The minimum Gasteiger partial charge on any atom is -0.481 e. The van der Waals surface area contributed by atoms with Crippen LogP contribution in [-0.4, -0.2) is 11.1 Å². The van der Waals surface area contributed by atoms with E-state index in [0.29, 0.717) is 5.92 Å². The fraction of sp³-hybridized carbons (Fsp3) is 0.500. The quantitative estimate of drug-likeness (QED) is 0.868. The van der Waals surface area contributed by atoms with Gasteiger partial charge in [0.1, 0.15) is 0 Å². The third-order valence-electron chi connectivity index (χ3n) is 3.43. The largest absolute Gasteiger partial charge is 0.481 e. The number of alkyl halides is 2. The lowest BCUT2D eigenvalue weighted by Crippen LogP contribution is -2.10. The zero-order chi connectivity index (χ0) is 13.3. The molecule has 4 heteroatoms. The van der Waals surface area contributed by atoms with Gasteiger partial charge in [-0.15, -0.1) is 0 Å². The maximum Gasteiger partial charge on any atom is 0.303 e. The Hall–Kier alpha value is -1.45. The van der Waals surface area contributed by atoms with Gasteiger partial charge in [-0.3, -0.25) is 4.79 Å². The van der Waals surface area contributed by atoms with E-state index in [9.17, 15) is 13.6 Å². The number of carbonyl (C=O) groups is 1. The fourth-order valence-corrected chi connectivity index (χ4v) is 2.27. The monoisotopic (exact) mass is 254 g/mol. The van der Waals surface area contributed by atoms with Crippen molar-refractivity contribution in [1.82, 2.24) is 0 Å². The highest BCUT2D eigenvalue weighted by atomic mass is 19.3. The summed E-state index contributed by atoms with van der Waals surface area (Å²) < 4.78 is 26.1. The number of hydrogen-bond acceptors (Lipinski definition) is 1. The van der Waals surface area contributed by atoms with Crippen LogP contribution in [0.1, 0.15) is 43.2 Å². The second-order valence-corrected chi connectivity index (χ2v) is 5.05. The lowest BCUT2D eigenvalue weighted by Gasteiger charge is -2.16. The molecule has 1 saturated carbocycles. The molecule has 2 rings (SSSR count). The number of rotatable bonds is 5. The van der Waals surface area contributed by atoms with Crippen molar-refractivity contribution < 1.29 is 18.7 Å². The van der Waals surface area contributed by atoms with Gasteiger partial charge in [-0.05, 0) is 30.2 Å². The molecule has 0 aromatic heterocycles. The number of halogens is 2. The molecule has 1 aromatic carbocycles. The highest BCUT2D eigenvalue weighted by Gasteiger charge is 2.34. The van der Waals surface area contributed by atoms with Gasteiger partial charge in [-0.25, -0.2) is 8.78 Å². The molecule has 0 amide bonds. The summed E-state index contributed by atoms with van der Waals surface area (Å²) in [6.07, 6.45) is 2.14. The molecule has 18 heavy (non-hydrogen) atoms. The van der Waals surface area contributed by atoms with Gasteiger partial charge in [0.2, 0.25) is 0 Å². The number of benzene rings is 1. The van der Waals surface area contributed by atoms with Gasteiger partial charge in [0, 0.05) is 12.5 Å². The number of carboxylic acids is 1. The van der Waals surface area contributed by atoms with Gasteiger partial charge in [-0.2, -0.15) is 0 Å². The summed E-state index contributed by atoms with van der Waals surface area (Å²) in [4.78, 5) is 10.8. The van der Waals surface area contributed by atoms with E-state index >= 15 is 0 Å². The Morgan fingerprint density at radius 2 is 1.94 bits per heavy atom. The zero-order valence-corrected chi connectivity index (χ0v) is 10.2. The van der Waals surface area contributed by atoms with Crippen LogP contribution in [0.5, 0.6) is 0 Å². The Labute approximate surface area is 105 Å². The molecule has 1 unspecified atom stereocenters. The third-order valence-corrected chi connectivity index (χ3v) is 3.43. The molecule has 1 atom stereocenters. The number of aliphatic carboxylic acids is 1. The molecule has 1 fully saturated rings. The first-order chi connectivity index (χ1) is 8.38. The summed E-state index contributed by atoms with van der Waals surface area (Å²) in [6, 6.07) is 6.07. The van der Waals surface area contributed by atoms with Crippen molar-refractivity contribution >= 4 is 5.97 Å². The highest BCUT2D eigenvalue weighted by molar-refractivity contribution is 5.68. The predicted molar refractivity (Wildman–Crippen MR) is 63.7 cm³/mol. The summed E-state index contributed by atoms with van der Waals surface area (Å²) in [5, 5.41) is 8.89. The smallest absolute Gasteiger partial charge is 0.303 e. The Kier molecular flexibility index (Phi) is 3.37. The molecule has 1 aromatic rings. The lowest BCUT2D eigenvalue weighted by molar-refractivity contribution is -0.137. The van der Waals surface area contributed by atoms with E-state index in [4.69, 9.17) is 5.11 Å². The first kappa shape index (κ1) is 13.0. The summed E-state index contributed by atoms with van der Waals surface area (Å²) in [5.41, 5.74) is 0.823. The normalized spacial score (nSPS) is 17.5. The summed E-state index contributed by atoms with van der Waals surface area (Å²) in [7, 11) is 0. The molecule has 1 aliphatic rings. The fourth-order valence-electron chi connectivity index (χ4n) is 2.27. The van der Waals surface area contributed by atoms with Crippen LogP contribution in [0.25, 0.3) is 0 Å². The highest BCUT2D eigenvalue weighted by Crippen LogP contribution is 2.44. The Morgan fingerprint density at radius 1 is 1.39 bits per heavy atom. The average molecular weight is 254 g/mol. The number of hydrogen-bond donors (Lipinski definition) is 1. The van der Waals surface area contributed by atoms with Crippen LogP contribution >= 0.6 is 0 Å². The van der Waals surface area contributed by atoms with Crippen molar-refractivity contribution in [3.8, 4) is 0 Å². The average Bonchev–Trinajstić information content (AvgIpc) is 3.08. The molecule has 0 aliphatic heterocycles. The molecule has 1 aliphatic carbocycles. The molecule has 0 spiro atoms. The Bertz CT molecular complexity index is 430. The van der Waals surface area contributed by atoms with Crippen LogP contribution < -0.4 is 0 Å². The topological polar surface area (TPSA) is 37.3 Å². The molecule has 1 N–H and O–H groups in total. The maximum atomic E-state index is 13.1. The van der Waals surface area contributed by atoms with E-state index in [0.717, 1.165) is 25.3 Å². The molecular weight excluding hydrogens is 238 g/mol.